The van der Waals surface area contributed by atoms with Crippen LogP contribution in [-0.2, 0) is 20.8 Å². The first kappa shape index (κ1) is 24.1. The lowest BCUT2D eigenvalue weighted by Crippen LogP contribution is -2.54. The van der Waals surface area contributed by atoms with Crippen LogP contribution in [0.15, 0.2) is 35.5 Å². The van der Waals surface area contributed by atoms with Gasteiger partial charge < -0.3 is 37.5 Å². The maximum Gasteiger partial charge on any atom is 0.326 e. The molecule has 0 aliphatic carbocycles. The van der Waals surface area contributed by atoms with Crippen LogP contribution < -0.4 is 22.5 Å². The van der Waals surface area contributed by atoms with E-state index in [0.717, 1.165) is 16.5 Å². The van der Waals surface area contributed by atoms with Crippen LogP contribution in [0.2, 0.25) is 0 Å². The quantitative estimate of drug-likeness (QED) is 0.159. The zero-order valence-corrected chi connectivity index (χ0v) is 18.4. The Bertz CT molecular complexity index is 1030. The first-order valence-electron chi connectivity index (χ1n) is 11.0. The summed E-state index contributed by atoms with van der Waals surface area (Å²) in [6, 6.07) is 5.10. The van der Waals surface area contributed by atoms with Crippen LogP contribution in [0.1, 0.15) is 31.2 Å². The number of hydrogen-bond donors (Lipinski definition) is 6. The van der Waals surface area contributed by atoms with Crippen LogP contribution in [0.3, 0.4) is 0 Å². The smallest absolute Gasteiger partial charge is 0.326 e. The number of aliphatic carboxylic acids is 1. The van der Waals surface area contributed by atoms with Crippen molar-refractivity contribution in [3.63, 3.8) is 0 Å². The predicted octanol–water partition coefficient (Wildman–Crippen LogP) is -0.348. The van der Waals surface area contributed by atoms with E-state index in [0.29, 0.717) is 32.2 Å². The van der Waals surface area contributed by atoms with E-state index >= 15 is 0 Å². The molecule has 1 saturated heterocycles. The lowest BCUT2D eigenvalue weighted by atomic mass is 10.0. The molecule has 11 nitrogen and oxygen atoms in total. The number of aromatic amines is 1. The minimum atomic E-state index is -1.15. The van der Waals surface area contributed by atoms with E-state index in [9.17, 15) is 19.5 Å². The number of nitrogens with two attached hydrogens (primary N) is 3. The van der Waals surface area contributed by atoms with Gasteiger partial charge in [-0.05, 0) is 43.7 Å². The average Bonchev–Trinajstić information content (AvgIpc) is 3.42. The summed E-state index contributed by atoms with van der Waals surface area (Å²) in [7, 11) is 0. The molecule has 0 spiro atoms. The molecule has 1 aromatic heterocycles. The number of carboxylic acid groups (broad SMARTS) is 1. The summed E-state index contributed by atoms with van der Waals surface area (Å²) < 4.78 is 0. The third-order valence-electron chi connectivity index (χ3n) is 5.83. The fourth-order valence-electron chi connectivity index (χ4n) is 4.17. The molecule has 0 bridgehead atoms. The van der Waals surface area contributed by atoms with E-state index in [1.54, 1.807) is 0 Å². The van der Waals surface area contributed by atoms with Crippen molar-refractivity contribution >= 4 is 34.6 Å². The summed E-state index contributed by atoms with van der Waals surface area (Å²) in [5.74, 6) is -2.04. The molecule has 11 heteroatoms. The number of rotatable bonds is 10. The highest BCUT2D eigenvalue weighted by molar-refractivity contribution is 5.93. The second-order valence-electron chi connectivity index (χ2n) is 8.21. The molecule has 0 unspecified atom stereocenters. The molecule has 1 aromatic carbocycles. The number of hydrogen-bond acceptors (Lipinski definition) is 5. The van der Waals surface area contributed by atoms with Crippen LogP contribution in [0.25, 0.3) is 10.9 Å². The van der Waals surface area contributed by atoms with Crippen molar-refractivity contribution in [2.24, 2.45) is 22.2 Å². The summed E-state index contributed by atoms with van der Waals surface area (Å²) in [4.78, 5) is 46.0. The van der Waals surface area contributed by atoms with E-state index in [2.05, 4.69) is 15.3 Å². The average molecular weight is 458 g/mol. The molecule has 33 heavy (non-hydrogen) atoms. The first-order chi connectivity index (χ1) is 15.8. The maximum absolute atomic E-state index is 13.1. The van der Waals surface area contributed by atoms with Crippen molar-refractivity contribution in [3.05, 3.63) is 36.0 Å². The van der Waals surface area contributed by atoms with Gasteiger partial charge >= 0.3 is 5.97 Å². The Morgan fingerprint density at radius 1 is 1.27 bits per heavy atom. The number of nitrogens with zero attached hydrogens (tertiary/aromatic N) is 2. The third kappa shape index (κ3) is 6.01. The van der Waals surface area contributed by atoms with Crippen molar-refractivity contribution in [1.29, 1.82) is 0 Å². The summed E-state index contributed by atoms with van der Waals surface area (Å²) in [6.07, 6.45) is 3.82. The minimum Gasteiger partial charge on any atom is -0.480 e. The lowest BCUT2D eigenvalue weighted by Gasteiger charge is -2.27. The van der Waals surface area contributed by atoms with Crippen LogP contribution >= 0.6 is 0 Å². The van der Waals surface area contributed by atoms with Gasteiger partial charge in [0, 0.05) is 30.2 Å². The molecule has 3 rings (SSSR count). The highest BCUT2D eigenvalue weighted by Gasteiger charge is 2.37. The number of aliphatic imine (C=N–C) groups is 1. The molecule has 1 fully saturated rings. The van der Waals surface area contributed by atoms with E-state index in [1.807, 2.05) is 30.5 Å². The predicted molar refractivity (Wildman–Crippen MR) is 124 cm³/mol. The molecular weight excluding hydrogens is 426 g/mol. The molecule has 2 heterocycles. The molecule has 2 aromatic rings. The van der Waals surface area contributed by atoms with Gasteiger partial charge in [-0.3, -0.25) is 14.6 Å². The van der Waals surface area contributed by atoms with Gasteiger partial charge in [-0.2, -0.15) is 0 Å². The van der Waals surface area contributed by atoms with E-state index in [4.69, 9.17) is 17.2 Å². The second kappa shape index (κ2) is 10.8. The number of fused-ring (bicyclic) bond motifs is 1. The van der Waals surface area contributed by atoms with Crippen LogP contribution in [0.4, 0.5) is 0 Å². The summed E-state index contributed by atoms with van der Waals surface area (Å²) in [6.45, 7) is 0.666. The Balaban J connectivity index is 1.61. The Morgan fingerprint density at radius 3 is 2.76 bits per heavy atom. The number of aromatic nitrogens is 1. The molecule has 1 aliphatic heterocycles. The van der Waals surface area contributed by atoms with E-state index in [1.165, 1.54) is 4.90 Å². The lowest BCUT2D eigenvalue weighted by molar-refractivity contribution is -0.144. The van der Waals surface area contributed by atoms with Gasteiger partial charge in [0.1, 0.15) is 12.1 Å². The van der Waals surface area contributed by atoms with Gasteiger partial charge in [-0.15, -0.1) is 0 Å². The Hall–Kier alpha value is -3.60. The van der Waals surface area contributed by atoms with Crippen LogP contribution in [-0.4, -0.2) is 69.9 Å². The zero-order valence-electron chi connectivity index (χ0n) is 18.4. The highest BCUT2D eigenvalue weighted by Crippen LogP contribution is 2.22. The fraction of sp³-hybridized carbons (Fsp3) is 0.455. The topological polar surface area (TPSA) is 193 Å². The number of nitrogens with one attached hydrogen (secondary N) is 2. The number of H-pyrrole nitrogens is 1. The fourth-order valence-corrected chi connectivity index (χ4v) is 4.17. The molecule has 0 saturated carbocycles. The summed E-state index contributed by atoms with van der Waals surface area (Å²) >= 11 is 0. The summed E-state index contributed by atoms with van der Waals surface area (Å²) in [5, 5.41) is 13.0. The molecule has 178 valence electrons. The highest BCUT2D eigenvalue weighted by atomic mass is 16.4. The van der Waals surface area contributed by atoms with Crippen molar-refractivity contribution < 1.29 is 19.5 Å². The van der Waals surface area contributed by atoms with Gasteiger partial charge in [0.2, 0.25) is 11.8 Å². The van der Waals surface area contributed by atoms with Gasteiger partial charge in [-0.1, -0.05) is 18.2 Å². The first-order valence-corrected chi connectivity index (χ1v) is 11.0. The number of benzene rings is 1. The Kier molecular flexibility index (Phi) is 7.88. The maximum atomic E-state index is 13.1. The molecule has 2 amide bonds. The number of carbonyl (C=O) groups is 3. The van der Waals surface area contributed by atoms with Crippen molar-refractivity contribution in [1.82, 2.24) is 15.2 Å². The number of para-hydroxylation sites is 1. The molecular formula is C22H31N7O4. The number of carboxylic acids is 1. The SMILES string of the molecule is NC(N)=NCCC[C@H](NC(=O)[C@@H]1CCCN1C(=O)[C@@H](N)Cc1c[nH]c2ccccc12)C(=O)O. The van der Waals surface area contributed by atoms with Crippen molar-refractivity contribution in [2.75, 3.05) is 13.1 Å². The van der Waals surface area contributed by atoms with Crippen molar-refractivity contribution in [2.45, 2.75) is 50.2 Å². The van der Waals surface area contributed by atoms with Crippen LogP contribution in [0.5, 0.6) is 0 Å². The number of guanidine groups is 1. The van der Waals surface area contributed by atoms with Gasteiger partial charge in [0.05, 0.1) is 6.04 Å². The van der Waals surface area contributed by atoms with E-state index < -0.39 is 30.0 Å². The van der Waals surface area contributed by atoms with Gasteiger partial charge in [0.25, 0.3) is 0 Å². The molecule has 1 aliphatic rings. The molecule has 9 N–H and O–H groups in total. The van der Waals surface area contributed by atoms with Crippen LogP contribution in [0, 0.1) is 0 Å². The minimum absolute atomic E-state index is 0.0741. The largest absolute Gasteiger partial charge is 0.480 e. The van der Waals surface area contributed by atoms with Gasteiger partial charge in [-0.25, -0.2) is 4.79 Å². The monoisotopic (exact) mass is 457 g/mol. The molecule has 3 atom stereocenters. The standard InChI is InChI=1S/C22H31N7O4/c23-15(11-13-12-27-16-6-2-1-5-14(13)16)20(31)29-10-4-8-18(29)19(30)28-17(21(32)33)7-3-9-26-22(24)25/h1-2,5-6,12,15,17-18,27H,3-4,7-11,23H2,(H,28,30)(H,32,33)(H4,24,25,26)/t15-,17-,18-/m0/s1. The second-order valence-corrected chi connectivity index (χ2v) is 8.21. The third-order valence-corrected chi connectivity index (χ3v) is 5.83. The van der Waals surface area contributed by atoms with Gasteiger partial charge in [0.15, 0.2) is 5.96 Å². The number of likely N-dealkylation sites (tertiary alicyclic amines) is 1. The van der Waals surface area contributed by atoms with Crippen molar-refractivity contribution in [3.8, 4) is 0 Å². The number of amides is 2. The number of carbonyl (C=O) groups excluding carboxylic acids is 2. The zero-order chi connectivity index (χ0) is 24.0. The Morgan fingerprint density at radius 2 is 2.03 bits per heavy atom. The van der Waals surface area contributed by atoms with E-state index in [-0.39, 0.29) is 24.8 Å². The Labute approximate surface area is 191 Å². The molecule has 0 radical (unpaired) electrons. The summed E-state index contributed by atoms with van der Waals surface area (Å²) in [5.41, 5.74) is 18.6. The normalized spacial score (nSPS) is 17.5.